The molecular formula is C39H72N2O6. The fourth-order valence-corrected chi connectivity index (χ4v) is 5.60. The molecule has 0 heterocycles. The summed E-state index contributed by atoms with van der Waals surface area (Å²) in [5, 5.41) is 5.85. The summed E-state index contributed by atoms with van der Waals surface area (Å²) in [6, 6.07) is -1.45. The first-order valence-corrected chi connectivity index (χ1v) is 19.0. The molecule has 8 heteroatoms. The number of hydrogen-bond donors (Lipinski definition) is 2. The highest BCUT2D eigenvalue weighted by atomic mass is 16.6. The molecule has 2 amide bonds. The van der Waals surface area contributed by atoms with Crippen LogP contribution in [-0.2, 0) is 28.7 Å². The predicted molar refractivity (Wildman–Crippen MR) is 192 cm³/mol. The van der Waals surface area contributed by atoms with E-state index in [0.717, 1.165) is 51.4 Å². The zero-order chi connectivity index (χ0) is 35.7. The van der Waals surface area contributed by atoms with Gasteiger partial charge in [-0.15, -0.1) is 0 Å². The topological polar surface area (TPSA) is 119 Å². The van der Waals surface area contributed by atoms with Crippen molar-refractivity contribution in [1.82, 2.24) is 10.6 Å². The summed E-state index contributed by atoms with van der Waals surface area (Å²) < 4.78 is 5.57. The third-order valence-corrected chi connectivity index (χ3v) is 9.08. The fraction of sp³-hybridized carbons (Fsp3) is 0.872. The van der Waals surface area contributed by atoms with Crippen LogP contribution in [0.5, 0.6) is 0 Å². The number of carbonyl (C=O) groups excluding carboxylic acids is 5. The average molecular weight is 665 g/mol. The highest BCUT2D eigenvalue weighted by molar-refractivity contribution is 5.91. The first kappa shape index (κ1) is 44.8. The van der Waals surface area contributed by atoms with E-state index in [4.69, 9.17) is 4.74 Å². The van der Waals surface area contributed by atoms with E-state index in [1.165, 1.54) is 51.4 Å². The van der Waals surface area contributed by atoms with E-state index in [9.17, 15) is 24.0 Å². The molecule has 47 heavy (non-hydrogen) atoms. The number of unbranched alkanes of at least 4 members (excludes halogenated alkanes) is 13. The van der Waals surface area contributed by atoms with Crippen molar-refractivity contribution in [1.29, 1.82) is 0 Å². The molecule has 0 aromatic carbocycles. The Morgan fingerprint density at radius 1 is 0.553 bits per heavy atom. The Bertz CT molecular complexity index is 896. The van der Waals surface area contributed by atoms with Crippen molar-refractivity contribution < 1.29 is 28.7 Å². The molecule has 4 atom stereocenters. The summed E-state index contributed by atoms with van der Waals surface area (Å²) in [6.07, 6.45) is 20.4. The minimum atomic E-state index is -0.760. The monoisotopic (exact) mass is 665 g/mol. The number of esters is 1. The predicted octanol–water partition coefficient (Wildman–Crippen LogP) is 8.96. The van der Waals surface area contributed by atoms with Crippen LogP contribution >= 0.6 is 0 Å². The Hall–Kier alpha value is -2.25. The zero-order valence-corrected chi connectivity index (χ0v) is 31.6. The lowest BCUT2D eigenvalue weighted by molar-refractivity contribution is -0.160. The summed E-state index contributed by atoms with van der Waals surface area (Å²) >= 11 is 0. The lowest BCUT2D eigenvalue weighted by atomic mass is 9.95. The van der Waals surface area contributed by atoms with E-state index in [2.05, 4.69) is 10.6 Å². The third-order valence-electron chi connectivity index (χ3n) is 9.08. The van der Waals surface area contributed by atoms with Crippen molar-refractivity contribution in [3.63, 3.8) is 0 Å². The molecule has 274 valence electrons. The first-order chi connectivity index (χ1) is 22.2. The summed E-state index contributed by atoms with van der Waals surface area (Å²) in [6.45, 7) is 14.9. The van der Waals surface area contributed by atoms with Gasteiger partial charge in [0, 0.05) is 25.7 Å². The van der Waals surface area contributed by atoms with Crippen LogP contribution in [0.3, 0.4) is 0 Å². The number of Topliss-reactive ketones (excluding diaryl/α,β-unsaturated/α-hetero) is 2. The molecule has 8 nitrogen and oxygen atoms in total. The van der Waals surface area contributed by atoms with E-state index in [0.29, 0.717) is 37.9 Å². The van der Waals surface area contributed by atoms with Crippen LogP contribution in [0.25, 0.3) is 0 Å². The maximum atomic E-state index is 13.3. The molecule has 0 aliphatic rings. The van der Waals surface area contributed by atoms with Gasteiger partial charge in [-0.2, -0.15) is 0 Å². The van der Waals surface area contributed by atoms with Gasteiger partial charge in [0.2, 0.25) is 11.8 Å². The second kappa shape index (κ2) is 26.7. The van der Waals surface area contributed by atoms with E-state index in [-0.39, 0.29) is 29.4 Å². The summed E-state index contributed by atoms with van der Waals surface area (Å²) in [7, 11) is 0. The minimum Gasteiger partial charge on any atom is -0.458 e. The second-order valence-corrected chi connectivity index (χ2v) is 14.9. The summed E-state index contributed by atoms with van der Waals surface area (Å²) in [5.74, 6) is -0.491. The quantitative estimate of drug-likeness (QED) is 0.0609. The SMILES string of the molecule is CC[C@H](C)[C@H](NC(=O)CCCCCCCCCCCCCCCC(=O)CCCCC(C)=O)C(=O)N[C@H](C(=O)OC(C)(C)C)[C@@H](C)CC. The van der Waals surface area contributed by atoms with Gasteiger partial charge in [-0.25, -0.2) is 4.79 Å². The molecule has 0 fully saturated rings. The van der Waals surface area contributed by atoms with E-state index in [1.807, 2.05) is 48.5 Å². The third kappa shape index (κ3) is 24.5. The van der Waals surface area contributed by atoms with Crippen molar-refractivity contribution in [3.05, 3.63) is 0 Å². The van der Waals surface area contributed by atoms with Gasteiger partial charge in [-0.1, -0.05) is 111 Å². The molecule has 0 aromatic rings. The molecule has 0 saturated heterocycles. The molecule has 0 saturated carbocycles. The maximum Gasteiger partial charge on any atom is 0.329 e. The van der Waals surface area contributed by atoms with Gasteiger partial charge in [0.15, 0.2) is 0 Å². The van der Waals surface area contributed by atoms with Crippen LogP contribution in [0.4, 0.5) is 0 Å². The molecule has 0 rings (SSSR count). The van der Waals surface area contributed by atoms with Gasteiger partial charge in [0.05, 0.1) is 0 Å². The Kier molecular flexibility index (Phi) is 25.4. The van der Waals surface area contributed by atoms with Crippen molar-refractivity contribution in [2.45, 2.75) is 208 Å². The highest BCUT2D eigenvalue weighted by Gasteiger charge is 2.34. The number of carbonyl (C=O) groups is 5. The number of ether oxygens (including phenoxy) is 1. The summed E-state index contributed by atoms with van der Waals surface area (Å²) in [4.78, 5) is 61.8. The standard InChI is InChI=1S/C39H72N2O6/c1-9-30(3)35(37(45)41-36(31(4)10-2)38(46)47-39(6,7)8)40-34(44)29-23-21-19-17-15-13-11-12-14-16-18-20-22-27-33(43)28-25-24-26-32(5)42/h30-31,35-36H,9-29H2,1-8H3,(H,40,44)(H,41,45)/t30-,31-,35-,36-/m0/s1. The summed E-state index contributed by atoms with van der Waals surface area (Å²) in [5.41, 5.74) is -0.650. The molecule has 0 aliphatic carbocycles. The van der Waals surface area contributed by atoms with Gasteiger partial charge in [0.1, 0.15) is 29.3 Å². The Morgan fingerprint density at radius 3 is 1.36 bits per heavy atom. The Labute approximate surface area is 288 Å². The Balaban J connectivity index is 4.11. The van der Waals surface area contributed by atoms with E-state index < -0.39 is 23.7 Å². The molecule has 0 radical (unpaired) electrons. The van der Waals surface area contributed by atoms with Gasteiger partial charge in [-0.3, -0.25) is 14.4 Å². The number of hydrogen-bond acceptors (Lipinski definition) is 6. The van der Waals surface area contributed by atoms with E-state index >= 15 is 0 Å². The molecule has 2 N–H and O–H groups in total. The second-order valence-electron chi connectivity index (χ2n) is 14.9. The number of rotatable bonds is 29. The van der Waals surface area contributed by atoms with Gasteiger partial charge >= 0.3 is 5.97 Å². The molecular weight excluding hydrogens is 592 g/mol. The smallest absolute Gasteiger partial charge is 0.329 e. The van der Waals surface area contributed by atoms with Gasteiger partial charge < -0.3 is 20.2 Å². The normalized spacial score (nSPS) is 14.1. The number of ketones is 2. The number of nitrogens with one attached hydrogen (secondary N) is 2. The fourth-order valence-electron chi connectivity index (χ4n) is 5.60. The van der Waals surface area contributed by atoms with Crippen molar-refractivity contribution in [3.8, 4) is 0 Å². The molecule has 0 unspecified atom stereocenters. The van der Waals surface area contributed by atoms with Crippen LogP contribution in [0.15, 0.2) is 0 Å². The van der Waals surface area contributed by atoms with Crippen LogP contribution in [0.1, 0.15) is 190 Å². The van der Waals surface area contributed by atoms with E-state index in [1.54, 1.807) is 6.92 Å². The van der Waals surface area contributed by atoms with Gasteiger partial charge in [-0.05, 0) is 65.2 Å². The largest absolute Gasteiger partial charge is 0.458 e. The first-order valence-electron chi connectivity index (χ1n) is 19.0. The highest BCUT2D eigenvalue weighted by Crippen LogP contribution is 2.18. The Morgan fingerprint density at radius 2 is 0.936 bits per heavy atom. The van der Waals surface area contributed by atoms with Crippen LogP contribution in [-0.4, -0.2) is 47.0 Å². The zero-order valence-electron chi connectivity index (χ0n) is 31.6. The maximum absolute atomic E-state index is 13.3. The molecule has 0 aliphatic heterocycles. The molecule has 0 aromatic heterocycles. The van der Waals surface area contributed by atoms with Crippen molar-refractivity contribution >= 4 is 29.4 Å². The average Bonchev–Trinajstić information content (AvgIpc) is 3.00. The van der Waals surface area contributed by atoms with Crippen molar-refractivity contribution in [2.75, 3.05) is 0 Å². The van der Waals surface area contributed by atoms with Gasteiger partial charge in [0.25, 0.3) is 0 Å². The molecule has 0 bridgehead atoms. The minimum absolute atomic E-state index is 0.0635. The lowest BCUT2D eigenvalue weighted by Gasteiger charge is -2.30. The van der Waals surface area contributed by atoms with Crippen molar-refractivity contribution in [2.24, 2.45) is 11.8 Å². The van der Waals surface area contributed by atoms with Crippen LogP contribution < -0.4 is 10.6 Å². The number of amides is 2. The van der Waals surface area contributed by atoms with Crippen LogP contribution in [0, 0.1) is 11.8 Å². The lowest BCUT2D eigenvalue weighted by Crippen LogP contribution is -2.56. The van der Waals surface area contributed by atoms with Crippen LogP contribution in [0.2, 0.25) is 0 Å². The molecule has 0 spiro atoms.